The van der Waals surface area contributed by atoms with Gasteiger partial charge in [0.15, 0.2) is 0 Å². The third kappa shape index (κ3) is 4.77. The first-order valence-electron chi connectivity index (χ1n) is 9.29. The minimum absolute atomic E-state index is 0.0497. The second-order valence-electron chi connectivity index (χ2n) is 7.14. The van der Waals surface area contributed by atoms with Crippen LogP contribution in [-0.4, -0.2) is 29.1 Å². The highest BCUT2D eigenvalue weighted by atomic mass is 35.5. The quantitative estimate of drug-likeness (QED) is 0.649. The van der Waals surface area contributed by atoms with Gasteiger partial charge in [0, 0.05) is 18.1 Å². The smallest absolute Gasteiger partial charge is 0.317 e. The zero-order valence-electron chi connectivity index (χ0n) is 15.5. The van der Waals surface area contributed by atoms with Gasteiger partial charge in [0.2, 0.25) is 0 Å². The number of amides is 2. The minimum Gasteiger partial charge on any atom is -0.388 e. The van der Waals surface area contributed by atoms with Crippen molar-refractivity contribution in [2.24, 2.45) is 5.92 Å². The summed E-state index contributed by atoms with van der Waals surface area (Å²) in [5.41, 5.74) is 1.38. The SMILES string of the molecule is CC(NC(=O)N1CCC(C(O)c2ccccc2)CC1)c1cc(F)c(Cl)cc1Cl. The summed E-state index contributed by atoms with van der Waals surface area (Å²) in [4.78, 5) is 14.3. The molecule has 0 bridgehead atoms. The molecule has 0 aromatic heterocycles. The third-order valence-corrected chi connectivity index (χ3v) is 5.88. The van der Waals surface area contributed by atoms with Gasteiger partial charge in [-0.1, -0.05) is 53.5 Å². The Balaban J connectivity index is 1.56. The van der Waals surface area contributed by atoms with E-state index in [1.54, 1.807) is 11.8 Å². The van der Waals surface area contributed by atoms with Gasteiger partial charge in [0.05, 0.1) is 17.2 Å². The Kier molecular flexibility index (Phi) is 6.81. The van der Waals surface area contributed by atoms with Gasteiger partial charge in [-0.05, 0) is 48.9 Å². The van der Waals surface area contributed by atoms with Crippen molar-refractivity contribution in [2.75, 3.05) is 13.1 Å². The Morgan fingerprint density at radius 3 is 2.46 bits per heavy atom. The summed E-state index contributed by atoms with van der Waals surface area (Å²) in [6.07, 6.45) is 0.906. The van der Waals surface area contributed by atoms with Crippen LogP contribution in [0.3, 0.4) is 0 Å². The standard InChI is InChI=1S/C21H23Cl2FN2O2/c1-13(16-11-19(24)18(23)12-17(16)22)25-21(28)26-9-7-15(8-10-26)20(27)14-5-3-2-4-6-14/h2-6,11-13,15,20,27H,7-10H2,1H3,(H,25,28). The molecule has 1 aliphatic heterocycles. The van der Waals surface area contributed by atoms with Crippen molar-refractivity contribution in [1.82, 2.24) is 10.2 Å². The number of aliphatic hydroxyl groups excluding tert-OH is 1. The van der Waals surface area contributed by atoms with E-state index in [-0.39, 0.29) is 17.0 Å². The lowest BCUT2D eigenvalue weighted by molar-refractivity contribution is 0.0662. The molecule has 1 saturated heterocycles. The number of urea groups is 1. The number of carbonyl (C=O) groups excluding carboxylic acids is 1. The number of carbonyl (C=O) groups is 1. The van der Waals surface area contributed by atoms with E-state index in [0.717, 1.165) is 5.56 Å². The molecule has 4 nitrogen and oxygen atoms in total. The number of hydrogen-bond acceptors (Lipinski definition) is 2. The third-order valence-electron chi connectivity index (χ3n) is 5.26. The average Bonchev–Trinajstić information content (AvgIpc) is 2.70. The van der Waals surface area contributed by atoms with Crippen molar-refractivity contribution in [3.05, 3.63) is 69.5 Å². The molecule has 1 aliphatic rings. The predicted molar refractivity (Wildman–Crippen MR) is 109 cm³/mol. The molecule has 2 amide bonds. The van der Waals surface area contributed by atoms with Crippen molar-refractivity contribution in [2.45, 2.75) is 31.9 Å². The summed E-state index contributed by atoms with van der Waals surface area (Å²) < 4.78 is 13.7. The van der Waals surface area contributed by atoms with Crippen LogP contribution >= 0.6 is 23.2 Å². The Morgan fingerprint density at radius 2 is 1.82 bits per heavy atom. The van der Waals surface area contributed by atoms with Crippen molar-refractivity contribution < 1.29 is 14.3 Å². The largest absolute Gasteiger partial charge is 0.388 e. The Labute approximate surface area is 174 Å². The molecular formula is C21H23Cl2FN2O2. The molecule has 7 heteroatoms. The van der Waals surface area contributed by atoms with Crippen LogP contribution < -0.4 is 5.32 Å². The van der Waals surface area contributed by atoms with Crippen LogP contribution in [0.25, 0.3) is 0 Å². The maximum absolute atomic E-state index is 13.7. The molecule has 2 aromatic carbocycles. The molecule has 3 rings (SSSR count). The van der Waals surface area contributed by atoms with Gasteiger partial charge in [-0.3, -0.25) is 0 Å². The van der Waals surface area contributed by atoms with Crippen molar-refractivity contribution >= 4 is 29.2 Å². The first kappa shape index (κ1) is 20.9. The molecule has 2 atom stereocenters. The van der Waals surface area contributed by atoms with Crippen LogP contribution in [0.1, 0.15) is 43.0 Å². The highest BCUT2D eigenvalue weighted by Gasteiger charge is 2.29. The fourth-order valence-electron chi connectivity index (χ4n) is 3.56. The number of piperidine rings is 1. The molecule has 0 radical (unpaired) electrons. The summed E-state index contributed by atoms with van der Waals surface area (Å²) in [6, 6.07) is 11.5. The molecule has 1 fully saturated rings. The maximum Gasteiger partial charge on any atom is 0.317 e. The number of nitrogens with zero attached hydrogens (tertiary/aromatic N) is 1. The first-order chi connectivity index (χ1) is 13.4. The van der Waals surface area contributed by atoms with E-state index in [2.05, 4.69) is 5.32 Å². The van der Waals surface area contributed by atoms with E-state index in [0.29, 0.717) is 36.5 Å². The lowest BCUT2D eigenvalue weighted by Crippen LogP contribution is -2.45. The normalized spacial score (nSPS) is 17.2. The summed E-state index contributed by atoms with van der Waals surface area (Å²) in [5, 5.41) is 13.7. The van der Waals surface area contributed by atoms with Crippen molar-refractivity contribution in [3.8, 4) is 0 Å². The molecule has 0 spiro atoms. The lowest BCUT2D eigenvalue weighted by atomic mass is 9.87. The number of halogens is 3. The van der Waals surface area contributed by atoms with Gasteiger partial charge in [-0.25, -0.2) is 9.18 Å². The number of likely N-dealkylation sites (tertiary alicyclic amines) is 1. The fourth-order valence-corrected chi connectivity index (χ4v) is 4.11. The van der Waals surface area contributed by atoms with E-state index >= 15 is 0 Å². The highest BCUT2D eigenvalue weighted by molar-refractivity contribution is 6.35. The molecule has 1 heterocycles. The molecule has 150 valence electrons. The van der Waals surface area contributed by atoms with E-state index < -0.39 is 18.0 Å². The van der Waals surface area contributed by atoms with Gasteiger partial charge in [0.1, 0.15) is 5.82 Å². The second-order valence-corrected chi connectivity index (χ2v) is 7.95. The van der Waals surface area contributed by atoms with Crippen molar-refractivity contribution in [3.63, 3.8) is 0 Å². The average molecular weight is 425 g/mol. The summed E-state index contributed by atoms with van der Waals surface area (Å²) in [5.74, 6) is -0.457. The molecule has 2 N–H and O–H groups in total. The van der Waals surface area contributed by atoms with Gasteiger partial charge < -0.3 is 15.3 Å². The Bertz CT molecular complexity index is 827. The number of benzene rings is 2. The monoisotopic (exact) mass is 424 g/mol. The number of aliphatic hydroxyl groups is 1. The maximum atomic E-state index is 13.7. The van der Waals surface area contributed by atoms with Gasteiger partial charge in [-0.2, -0.15) is 0 Å². The van der Waals surface area contributed by atoms with Crippen LogP contribution in [0.5, 0.6) is 0 Å². The van der Waals surface area contributed by atoms with Crippen LogP contribution in [0.4, 0.5) is 9.18 Å². The van der Waals surface area contributed by atoms with Crippen molar-refractivity contribution in [1.29, 1.82) is 0 Å². The highest BCUT2D eigenvalue weighted by Crippen LogP contribution is 2.31. The van der Waals surface area contributed by atoms with Crippen LogP contribution in [0, 0.1) is 11.7 Å². The lowest BCUT2D eigenvalue weighted by Gasteiger charge is -2.35. The molecule has 28 heavy (non-hydrogen) atoms. The minimum atomic E-state index is -0.571. The first-order valence-corrected chi connectivity index (χ1v) is 10.0. The van der Waals surface area contributed by atoms with Gasteiger partial charge in [-0.15, -0.1) is 0 Å². The second kappa shape index (κ2) is 9.12. The number of rotatable bonds is 4. The summed E-state index contributed by atoms with van der Waals surface area (Å²) >= 11 is 11.9. The van der Waals surface area contributed by atoms with E-state index in [1.807, 2.05) is 30.3 Å². The van der Waals surface area contributed by atoms with Crippen LogP contribution in [-0.2, 0) is 0 Å². The Hall–Kier alpha value is -1.82. The fraction of sp³-hybridized carbons (Fsp3) is 0.381. The summed E-state index contributed by atoms with van der Waals surface area (Å²) in [6.45, 7) is 2.85. The zero-order valence-corrected chi connectivity index (χ0v) is 17.1. The van der Waals surface area contributed by atoms with E-state index in [1.165, 1.54) is 12.1 Å². The zero-order chi connectivity index (χ0) is 20.3. The van der Waals surface area contributed by atoms with E-state index in [9.17, 15) is 14.3 Å². The van der Waals surface area contributed by atoms with Crippen LogP contribution in [0.15, 0.2) is 42.5 Å². The predicted octanol–water partition coefficient (Wildman–Crippen LogP) is 5.35. The molecule has 2 unspecified atom stereocenters. The van der Waals surface area contributed by atoms with Crippen LogP contribution in [0.2, 0.25) is 10.0 Å². The molecule has 0 aliphatic carbocycles. The number of nitrogens with one attached hydrogen (secondary N) is 1. The van der Waals surface area contributed by atoms with Gasteiger partial charge >= 0.3 is 6.03 Å². The molecule has 0 saturated carbocycles. The summed E-state index contributed by atoms with van der Waals surface area (Å²) in [7, 11) is 0. The number of hydrogen-bond donors (Lipinski definition) is 2. The topological polar surface area (TPSA) is 52.6 Å². The molecular weight excluding hydrogens is 402 g/mol. The van der Waals surface area contributed by atoms with Gasteiger partial charge in [0.25, 0.3) is 0 Å². The molecule has 2 aromatic rings. The Morgan fingerprint density at radius 1 is 1.18 bits per heavy atom. The van der Waals surface area contributed by atoms with E-state index in [4.69, 9.17) is 23.2 Å².